The molecule has 0 saturated heterocycles. The van der Waals surface area contributed by atoms with E-state index >= 15 is 0 Å². The van der Waals surface area contributed by atoms with Gasteiger partial charge in [0.2, 0.25) is 0 Å². The number of carbonyl (C=O) groups is 1. The lowest BCUT2D eigenvalue weighted by molar-refractivity contribution is 0.0983. The van der Waals surface area contributed by atoms with E-state index in [1.165, 1.54) is 11.0 Å². The Balaban J connectivity index is 2.36. The van der Waals surface area contributed by atoms with Gasteiger partial charge in [0.25, 0.3) is 5.91 Å². The Labute approximate surface area is 115 Å². The number of hydrogen-bond acceptors (Lipinski definition) is 2. The maximum atomic E-state index is 13.3. The van der Waals surface area contributed by atoms with Gasteiger partial charge in [-0.2, -0.15) is 0 Å². The number of hydrogen-bond donors (Lipinski definition) is 0. The first-order valence-electron chi connectivity index (χ1n) is 6.23. The second-order valence-corrected chi connectivity index (χ2v) is 4.31. The predicted octanol–water partition coefficient (Wildman–Crippen LogP) is 3.33. The average molecular weight is 276 g/mol. The summed E-state index contributed by atoms with van der Waals surface area (Å²) in [6.45, 7) is 3.87. The number of aryl methyl sites for hydroxylation is 1. The second kappa shape index (κ2) is 5.77. The van der Waals surface area contributed by atoms with E-state index in [-0.39, 0.29) is 11.6 Å². The molecule has 0 radical (unpaired) electrons. The smallest absolute Gasteiger partial charge is 0.276 e. The van der Waals surface area contributed by atoms with Gasteiger partial charge in [0.1, 0.15) is 5.69 Å². The lowest BCUT2D eigenvalue weighted by atomic mass is 10.2. The molecule has 20 heavy (non-hydrogen) atoms. The van der Waals surface area contributed by atoms with Crippen LogP contribution in [0.4, 0.5) is 14.5 Å². The van der Waals surface area contributed by atoms with Crippen LogP contribution >= 0.6 is 0 Å². The van der Waals surface area contributed by atoms with Gasteiger partial charge in [-0.25, -0.2) is 13.8 Å². The zero-order valence-corrected chi connectivity index (χ0v) is 11.2. The van der Waals surface area contributed by atoms with Crippen LogP contribution in [0.2, 0.25) is 0 Å². The van der Waals surface area contributed by atoms with Crippen LogP contribution in [0.25, 0.3) is 0 Å². The molecule has 5 heteroatoms. The Morgan fingerprint density at radius 1 is 1.20 bits per heavy atom. The third kappa shape index (κ3) is 2.82. The maximum Gasteiger partial charge on any atom is 0.276 e. The van der Waals surface area contributed by atoms with Crippen molar-refractivity contribution < 1.29 is 13.6 Å². The molecule has 0 fully saturated rings. The number of rotatable bonds is 3. The number of nitrogens with zero attached hydrogens (tertiary/aromatic N) is 2. The zero-order chi connectivity index (χ0) is 14.7. The molecule has 0 aliphatic carbocycles. The lowest BCUT2D eigenvalue weighted by Crippen LogP contribution is -2.31. The molecule has 2 aromatic rings. The van der Waals surface area contributed by atoms with Crippen LogP contribution in [-0.2, 0) is 0 Å². The minimum atomic E-state index is -0.981. The van der Waals surface area contributed by atoms with E-state index in [9.17, 15) is 13.6 Å². The average Bonchev–Trinajstić information content (AvgIpc) is 2.43. The van der Waals surface area contributed by atoms with Gasteiger partial charge < -0.3 is 4.90 Å². The number of carbonyl (C=O) groups excluding carboxylic acids is 1. The molecule has 1 amide bonds. The fourth-order valence-electron chi connectivity index (χ4n) is 1.90. The summed E-state index contributed by atoms with van der Waals surface area (Å²) in [5, 5.41) is 0. The van der Waals surface area contributed by atoms with Crippen LogP contribution in [0.1, 0.15) is 23.1 Å². The van der Waals surface area contributed by atoms with Gasteiger partial charge in [-0.05, 0) is 38.1 Å². The molecule has 0 N–H and O–H groups in total. The fourth-order valence-corrected chi connectivity index (χ4v) is 1.90. The summed E-state index contributed by atoms with van der Waals surface area (Å²) >= 11 is 0. The van der Waals surface area contributed by atoms with Gasteiger partial charge in [0.05, 0.1) is 0 Å². The molecule has 0 saturated carbocycles. The maximum absolute atomic E-state index is 13.3. The highest BCUT2D eigenvalue weighted by Crippen LogP contribution is 2.19. The van der Waals surface area contributed by atoms with E-state index in [1.54, 1.807) is 32.0 Å². The van der Waals surface area contributed by atoms with Crippen molar-refractivity contribution in [1.29, 1.82) is 0 Å². The quantitative estimate of drug-likeness (QED) is 0.861. The minimum Gasteiger partial charge on any atom is -0.307 e. The molecule has 104 valence electrons. The molecule has 0 unspecified atom stereocenters. The zero-order valence-electron chi connectivity index (χ0n) is 11.2. The standard InChI is InChI=1S/C15H14F2N2O/c1-3-19(11-7-8-12(16)13(17)9-11)15(20)14-6-4-5-10(2)18-14/h4-9H,3H2,1-2H3. The van der Waals surface area contributed by atoms with Crippen LogP contribution in [0.5, 0.6) is 0 Å². The second-order valence-electron chi connectivity index (χ2n) is 4.31. The largest absolute Gasteiger partial charge is 0.307 e. The predicted molar refractivity (Wildman–Crippen MR) is 72.7 cm³/mol. The molecular weight excluding hydrogens is 262 g/mol. The van der Waals surface area contributed by atoms with Crippen LogP contribution in [0.15, 0.2) is 36.4 Å². The van der Waals surface area contributed by atoms with Crippen LogP contribution in [0, 0.1) is 18.6 Å². The normalized spacial score (nSPS) is 10.4. The van der Waals surface area contributed by atoms with E-state index in [1.807, 2.05) is 0 Å². The van der Waals surface area contributed by atoms with Gasteiger partial charge in [0.15, 0.2) is 11.6 Å². The van der Waals surface area contributed by atoms with Crippen molar-refractivity contribution in [2.24, 2.45) is 0 Å². The van der Waals surface area contributed by atoms with Gasteiger partial charge in [-0.15, -0.1) is 0 Å². The number of aromatic nitrogens is 1. The van der Waals surface area contributed by atoms with Crippen LogP contribution < -0.4 is 4.90 Å². The van der Waals surface area contributed by atoms with Crippen molar-refractivity contribution in [2.45, 2.75) is 13.8 Å². The first-order valence-corrected chi connectivity index (χ1v) is 6.23. The summed E-state index contributed by atoms with van der Waals surface area (Å²) < 4.78 is 26.2. The van der Waals surface area contributed by atoms with Crippen molar-refractivity contribution in [1.82, 2.24) is 4.98 Å². The molecule has 1 aromatic heterocycles. The topological polar surface area (TPSA) is 33.2 Å². The third-order valence-corrected chi connectivity index (χ3v) is 2.88. The van der Waals surface area contributed by atoms with Crippen molar-refractivity contribution in [3.8, 4) is 0 Å². The van der Waals surface area contributed by atoms with Gasteiger partial charge >= 0.3 is 0 Å². The van der Waals surface area contributed by atoms with E-state index in [0.29, 0.717) is 12.2 Å². The van der Waals surface area contributed by atoms with Crippen LogP contribution in [-0.4, -0.2) is 17.4 Å². The molecule has 3 nitrogen and oxygen atoms in total. The summed E-state index contributed by atoms with van der Waals surface area (Å²) in [6, 6.07) is 8.49. The molecular formula is C15H14F2N2O. The minimum absolute atomic E-state index is 0.275. The third-order valence-electron chi connectivity index (χ3n) is 2.88. The monoisotopic (exact) mass is 276 g/mol. The first-order chi connectivity index (χ1) is 9.52. The lowest BCUT2D eigenvalue weighted by Gasteiger charge is -2.20. The number of benzene rings is 1. The summed E-state index contributed by atoms with van der Waals surface area (Å²) in [5.41, 5.74) is 1.30. The summed E-state index contributed by atoms with van der Waals surface area (Å²) in [4.78, 5) is 17.9. The van der Waals surface area contributed by atoms with Crippen molar-refractivity contribution in [3.05, 3.63) is 59.4 Å². The highest BCUT2D eigenvalue weighted by atomic mass is 19.2. The van der Waals surface area contributed by atoms with E-state index in [0.717, 1.165) is 17.8 Å². The van der Waals surface area contributed by atoms with E-state index < -0.39 is 11.6 Å². The van der Waals surface area contributed by atoms with Gasteiger partial charge in [0, 0.05) is 24.0 Å². The van der Waals surface area contributed by atoms with E-state index in [2.05, 4.69) is 4.98 Å². The molecule has 1 aromatic carbocycles. The summed E-state index contributed by atoms with van der Waals surface area (Å²) in [6.07, 6.45) is 0. The van der Waals surface area contributed by atoms with Crippen molar-refractivity contribution >= 4 is 11.6 Å². The van der Waals surface area contributed by atoms with Crippen molar-refractivity contribution in [2.75, 3.05) is 11.4 Å². The number of pyridine rings is 1. The fraction of sp³-hybridized carbons (Fsp3) is 0.200. The number of anilines is 1. The Bertz CT molecular complexity index is 644. The highest BCUT2D eigenvalue weighted by Gasteiger charge is 2.18. The highest BCUT2D eigenvalue weighted by molar-refractivity contribution is 6.04. The Hall–Kier alpha value is -2.30. The van der Waals surface area contributed by atoms with Gasteiger partial charge in [-0.1, -0.05) is 6.07 Å². The summed E-state index contributed by atoms with van der Waals surface area (Å²) in [5.74, 6) is -2.26. The molecule has 0 aliphatic rings. The molecule has 0 aliphatic heterocycles. The Morgan fingerprint density at radius 2 is 1.95 bits per heavy atom. The molecule has 0 spiro atoms. The number of halogens is 2. The molecule has 2 rings (SSSR count). The first kappa shape index (κ1) is 14.1. The number of amides is 1. The summed E-state index contributed by atoms with van der Waals surface area (Å²) in [7, 11) is 0. The molecule has 1 heterocycles. The van der Waals surface area contributed by atoms with Crippen LogP contribution in [0.3, 0.4) is 0 Å². The SMILES string of the molecule is CCN(C(=O)c1cccc(C)n1)c1ccc(F)c(F)c1. The Morgan fingerprint density at radius 3 is 2.55 bits per heavy atom. The molecule has 0 atom stereocenters. The van der Waals surface area contributed by atoms with Gasteiger partial charge in [-0.3, -0.25) is 4.79 Å². The Kier molecular flexibility index (Phi) is 4.08. The molecule has 0 bridgehead atoms. The van der Waals surface area contributed by atoms with Crippen molar-refractivity contribution in [3.63, 3.8) is 0 Å². The van der Waals surface area contributed by atoms with E-state index in [4.69, 9.17) is 0 Å².